The Balaban J connectivity index is 2.50. The van der Waals surface area contributed by atoms with Gasteiger partial charge in [0.05, 0.1) is 18.0 Å². The van der Waals surface area contributed by atoms with Gasteiger partial charge in [-0.3, -0.25) is 4.79 Å². The van der Waals surface area contributed by atoms with Crippen molar-refractivity contribution in [2.75, 3.05) is 13.7 Å². The molecule has 8 heteroatoms. The van der Waals surface area contributed by atoms with Gasteiger partial charge >= 0.3 is 5.97 Å². The number of Topliss-reactive ketones (excluding diaryl/α,β-unsaturated/α-hetero) is 1. The maximum Gasteiger partial charge on any atom is 0.354 e. The number of esters is 1. The van der Waals surface area contributed by atoms with Crippen LogP contribution in [0.4, 0.5) is 0 Å². The van der Waals surface area contributed by atoms with Crippen LogP contribution in [0.2, 0.25) is 0 Å². The molecule has 1 aromatic heterocycles. The van der Waals surface area contributed by atoms with Gasteiger partial charge in [0.1, 0.15) is 5.69 Å². The number of aromatic nitrogens is 1. The fourth-order valence-corrected chi connectivity index (χ4v) is 5.17. The number of ketones is 1. The fourth-order valence-electron chi connectivity index (χ4n) is 3.56. The minimum Gasteiger partial charge on any atom is -0.464 e. The van der Waals surface area contributed by atoms with Crippen molar-refractivity contribution in [2.45, 2.75) is 45.6 Å². The van der Waals surface area contributed by atoms with E-state index in [4.69, 9.17) is 4.74 Å². The second-order valence-electron chi connectivity index (χ2n) is 7.05. The Morgan fingerprint density at radius 3 is 2.17 bits per heavy atom. The molecule has 29 heavy (non-hydrogen) atoms. The summed E-state index contributed by atoms with van der Waals surface area (Å²) in [6, 6.07) is 5.59. The Labute approximate surface area is 172 Å². The van der Waals surface area contributed by atoms with E-state index in [1.807, 2.05) is 6.92 Å². The van der Waals surface area contributed by atoms with Crippen LogP contribution in [-0.2, 0) is 21.8 Å². The van der Waals surface area contributed by atoms with Crippen LogP contribution in [0.15, 0.2) is 29.2 Å². The lowest BCUT2D eigenvalue weighted by molar-refractivity contribution is 0.0588. The molecular weight excluding hydrogens is 392 g/mol. The molecule has 0 radical (unpaired) electrons. The van der Waals surface area contributed by atoms with Crippen LogP contribution in [0.5, 0.6) is 0 Å². The topological polar surface area (TPSA) is 85.7 Å². The first-order valence-corrected chi connectivity index (χ1v) is 10.8. The Kier molecular flexibility index (Phi) is 6.70. The Morgan fingerprint density at radius 2 is 1.69 bits per heavy atom. The summed E-state index contributed by atoms with van der Waals surface area (Å²) in [5, 5.41) is 0. The number of benzene rings is 1. The van der Waals surface area contributed by atoms with Gasteiger partial charge < -0.3 is 9.30 Å². The predicted octanol–water partition coefficient (Wildman–Crippen LogP) is 3.02. The maximum absolute atomic E-state index is 13.3. The van der Waals surface area contributed by atoms with E-state index < -0.39 is 22.0 Å². The number of hydrogen-bond donors (Lipinski definition) is 0. The summed E-state index contributed by atoms with van der Waals surface area (Å²) in [5.41, 5.74) is 2.64. The van der Waals surface area contributed by atoms with E-state index in [0.717, 1.165) is 5.56 Å². The SMILES string of the molecule is CCN([C@H](C)C(=O)c1c(C)c(C(=O)OC)n(C)c1C)S(=O)(=O)c1ccc(C)cc1. The minimum atomic E-state index is -3.86. The molecule has 1 aromatic carbocycles. The molecule has 158 valence electrons. The van der Waals surface area contributed by atoms with Crippen molar-refractivity contribution in [3.63, 3.8) is 0 Å². The molecule has 7 nitrogen and oxygen atoms in total. The Morgan fingerprint density at radius 1 is 1.14 bits per heavy atom. The third kappa shape index (κ3) is 4.00. The van der Waals surface area contributed by atoms with Crippen molar-refractivity contribution < 1.29 is 22.7 Å². The van der Waals surface area contributed by atoms with E-state index >= 15 is 0 Å². The molecule has 1 heterocycles. The molecule has 0 amide bonds. The quantitative estimate of drug-likeness (QED) is 0.508. The average Bonchev–Trinajstić information content (AvgIpc) is 2.90. The lowest BCUT2D eigenvalue weighted by Crippen LogP contribution is -2.43. The van der Waals surface area contributed by atoms with Crippen LogP contribution in [0.1, 0.15) is 51.5 Å². The van der Waals surface area contributed by atoms with Gasteiger partial charge in [0, 0.05) is 24.8 Å². The van der Waals surface area contributed by atoms with Gasteiger partial charge in [-0.15, -0.1) is 0 Å². The molecule has 1 atom stereocenters. The van der Waals surface area contributed by atoms with Crippen LogP contribution >= 0.6 is 0 Å². The molecule has 0 N–H and O–H groups in total. The summed E-state index contributed by atoms with van der Waals surface area (Å²) in [4.78, 5) is 25.6. The molecule has 2 aromatic rings. The third-order valence-electron chi connectivity index (χ3n) is 5.31. The van der Waals surface area contributed by atoms with Crippen LogP contribution in [0.3, 0.4) is 0 Å². The number of ether oxygens (including phenoxy) is 1. The summed E-state index contributed by atoms with van der Waals surface area (Å²) < 4.78 is 33.9. The summed E-state index contributed by atoms with van der Waals surface area (Å²) in [7, 11) is -0.900. The molecule has 0 bridgehead atoms. The Hall–Kier alpha value is -2.45. The summed E-state index contributed by atoms with van der Waals surface area (Å²) in [6.07, 6.45) is 0. The number of carbonyl (C=O) groups excluding carboxylic acids is 2. The summed E-state index contributed by atoms with van der Waals surface area (Å²) in [6.45, 7) is 8.67. The van der Waals surface area contributed by atoms with E-state index in [0.29, 0.717) is 16.8 Å². The highest BCUT2D eigenvalue weighted by Crippen LogP contribution is 2.26. The smallest absolute Gasteiger partial charge is 0.354 e. The van der Waals surface area contributed by atoms with E-state index in [2.05, 4.69) is 0 Å². The van der Waals surface area contributed by atoms with Crippen molar-refractivity contribution in [3.8, 4) is 0 Å². The molecule has 0 fully saturated rings. The van der Waals surface area contributed by atoms with Gasteiger partial charge in [0.2, 0.25) is 10.0 Å². The first kappa shape index (κ1) is 22.8. The summed E-state index contributed by atoms with van der Waals surface area (Å²) in [5.74, 6) is -0.900. The number of carbonyl (C=O) groups is 2. The molecule has 0 unspecified atom stereocenters. The number of rotatable bonds is 7. The zero-order valence-electron chi connectivity index (χ0n) is 17.9. The summed E-state index contributed by atoms with van der Waals surface area (Å²) >= 11 is 0. The predicted molar refractivity (Wildman–Crippen MR) is 111 cm³/mol. The third-order valence-corrected chi connectivity index (χ3v) is 7.37. The average molecular weight is 421 g/mol. The van der Waals surface area contributed by atoms with E-state index in [1.165, 1.54) is 11.4 Å². The van der Waals surface area contributed by atoms with Crippen molar-refractivity contribution in [3.05, 3.63) is 52.3 Å². The number of hydrogen-bond acceptors (Lipinski definition) is 5. The van der Waals surface area contributed by atoms with Crippen LogP contribution in [0.25, 0.3) is 0 Å². The highest BCUT2D eigenvalue weighted by Gasteiger charge is 2.35. The van der Waals surface area contributed by atoms with Gasteiger partial charge in [-0.25, -0.2) is 13.2 Å². The van der Waals surface area contributed by atoms with E-state index in [1.54, 1.807) is 63.6 Å². The maximum atomic E-state index is 13.3. The largest absolute Gasteiger partial charge is 0.464 e. The van der Waals surface area contributed by atoms with E-state index in [9.17, 15) is 18.0 Å². The highest BCUT2D eigenvalue weighted by atomic mass is 32.2. The Bertz CT molecular complexity index is 1040. The number of likely N-dealkylation sites (N-methyl/N-ethyl adjacent to an activating group) is 1. The van der Waals surface area contributed by atoms with Crippen molar-refractivity contribution in [2.24, 2.45) is 7.05 Å². The van der Waals surface area contributed by atoms with Gasteiger partial charge in [0.15, 0.2) is 5.78 Å². The van der Waals surface area contributed by atoms with Crippen LogP contribution < -0.4 is 0 Å². The molecule has 2 rings (SSSR count). The molecular formula is C21H28N2O5S. The van der Waals surface area contributed by atoms with Crippen LogP contribution in [0, 0.1) is 20.8 Å². The van der Waals surface area contributed by atoms with Gasteiger partial charge in [0.25, 0.3) is 0 Å². The van der Waals surface area contributed by atoms with Crippen molar-refractivity contribution in [1.29, 1.82) is 0 Å². The zero-order valence-corrected chi connectivity index (χ0v) is 18.8. The van der Waals surface area contributed by atoms with E-state index in [-0.39, 0.29) is 22.9 Å². The first-order valence-electron chi connectivity index (χ1n) is 9.35. The lowest BCUT2D eigenvalue weighted by Gasteiger charge is -2.26. The number of methoxy groups -OCH3 is 1. The number of aryl methyl sites for hydroxylation is 1. The number of nitrogens with zero attached hydrogens (tertiary/aromatic N) is 2. The van der Waals surface area contributed by atoms with Gasteiger partial charge in [-0.1, -0.05) is 24.6 Å². The molecule has 0 saturated heterocycles. The number of sulfonamides is 1. The molecule has 0 aliphatic heterocycles. The standard InChI is InChI=1S/C21H28N2O5S/c1-8-23(29(26,27)17-11-9-13(2)10-12-17)16(5)20(24)18-14(3)19(21(25)28-7)22(6)15(18)4/h9-12,16H,8H2,1-7H3/t16-/m1/s1. The second kappa shape index (κ2) is 8.51. The lowest BCUT2D eigenvalue weighted by atomic mass is 10.0. The molecule has 0 aliphatic rings. The first-order chi connectivity index (χ1) is 13.5. The molecule has 0 spiro atoms. The van der Waals surface area contributed by atoms with Crippen molar-refractivity contribution >= 4 is 21.8 Å². The van der Waals surface area contributed by atoms with Gasteiger partial charge in [-0.05, 0) is 45.4 Å². The zero-order chi connectivity index (χ0) is 22.1. The highest BCUT2D eigenvalue weighted by molar-refractivity contribution is 7.89. The fraction of sp³-hybridized carbons (Fsp3) is 0.429. The normalized spacial score (nSPS) is 12.8. The van der Waals surface area contributed by atoms with Crippen LogP contribution in [-0.4, -0.2) is 48.7 Å². The molecule has 0 saturated carbocycles. The monoisotopic (exact) mass is 420 g/mol. The van der Waals surface area contributed by atoms with Gasteiger partial charge in [-0.2, -0.15) is 4.31 Å². The second-order valence-corrected chi connectivity index (χ2v) is 8.94. The van der Waals surface area contributed by atoms with Crippen molar-refractivity contribution in [1.82, 2.24) is 8.87 Å². The molecule has 0 aliphatic carbocycles. The minimum absolute atomic E-state index is 0.137.